The van der Waals surface area contributed by atoms with Crippen molar-refractivity contribution < 1.29 is 26.7 Å². The van der Waals surface area contributed by atoms with Crippen molar-refractivity contribution in [2.24, 2.45) is 0 Å². The molecule has 0 saturated carbocycles. The van der Waals surface area contributed by atoms with Gasteiger partial charge in [-0.15, -0.1) is 11.3 Å². The molecule has 6 nitrogen and oxygen atoms in total. The maximum absolute atomic E-state index is 14.3. The van der Waals surface area contributed by atoms with E-state index in [2.05, 4.69) is 10.0 Å². The lowest BCUT2D eigenvalue weighted by atomic mass is 10.0. The molecule has 0 fully saturated rings. The van der Waals surface area contributed by atoms with Crippen molar-refractivity contribution in [3.63, 3.8) is 0 Å². The highest BCUT2D eigenvalue weighted by Crippen LogP contribution is 2.32. The number of fused-ring (bicyclic) bond motifs is 1. The summed E-state index contributed by atoms with van der Waals surface area (Å²) in [5.74, 6) is -1.43. The number of halogens is 2. The highest BCUT2D eigenvalue weighted by atomic mass is 32.2. The number of hydrogen-bond donors (Lipinski definition) is 2. The van der Waals surface area contributed by atoms with Gasteiger partial charge in [0, 0.05) is 33.8 Å². The molecule has 10 heteroatoms. The Labute approximate surface area is 192 Å². The number of nitrogens with one attached hydrogen (secondary N) is 2. The second-order valence-corrected chi connectivity index (χ2v) is 10.1. The Morgan fingerprint density at radius 1 is 0.970 bits per heavy atom. The molecule has 0 aliphatic carbocycles. The lowest BCUT2D eigenvalue weighted by Gasteiger charge is -2.11. The van der Waals surface area contributed by atoms with Crippen LogP contribution in [0, 0.1) is 11.6 Å². The third kappa shape index (κ3) is 5.29. The molecule has 33 heavy (non-hydrogen) atoms. The van der Waals surface area contributed by atoms with E-state index in [1.807, 2.05) is 0 Å². The smallest absolute Gasteiger partial charge is 0.265 e. The summed E-state index contributed by atoms with van der Waals surface area (Å²) in [7, 11) is -1.98. The number of methoxy groups -OCH3 is 1. The van der Waals surface area contributed by atoms with Crippen LogP contribution in [0.25, 0.3) is 21.2 Å². The van der Waals surface area contributed by atoms with Gasteiger partial charge in [-0.2, -0.15) is 0 Å². The van der Waals surface area contributed by atoms with Gasteiger partial charge in [0.2, 0.25) is 10.0 Å². The van der Waals surface area contributed by atoms with Crippen LogP contribution in [0.1, 0.15) is 9.67 Å². The number of rotatable bonds is 6. The summed E-state index contributed by atoms with van der Waals surface area (Å²) in [5.41, 5.74) is 1.34. The van der Waals surface area contributed by atoms with Crippen LogP contribution in [0.2, 0.25) is 0 Å². The van der Waals surface area contributed by atoms with Gasteiger partial charge < -0.3 is 10.1 Å². The predicted octanol–water partition coefficient (Wildman–Crippen LogP) is 5.48. The van der Waals surface area contributed by atoms with E-state index >= 15 is 0 Å². The van der Waals surface area contributed by atoms with Crippen LogP contribution in [0.4, 0.5) is 20.2 Å². The highest BCUT2D eigenvalue weighted by Gasteiger charge is 2.15. The Hall–Kier alpha value is -3.50. The normalized spacial score (nSPS) is 11.4. The van der Waals surface area contributed by atoms with Gasteiger partial charge >= 0.3 is 0 Å². The Balaban J connectivity index is 1.63. The molecule has 4 rings (SSSR count). The zero-order chi connectivity index (χ0) is 23.8. The summed E-state index contributed by atoms with van der Waals surface area (Å²) < 4.78 is 58.9. The molecule has 0 radical (unpaired) electrons. The molecule has 0 aliphatic rings. The van der Waals surface area contributed by atoms with Crippen molar-refractivity contribution in [3.8, 4) is 16.9 Å². The van der Waals surface area contributed by atoms with Crippen LogP contribution in [0.3, 0.4) is 0 Å². The van der Waals surface area contributed by atoms with Crippen LogP contribution >= 0.6 is 11.3 Å². The molecule has 1 aromatic heterocycles. The summed E-state index contributed by atoms with van der Waals surface area (Å²) in [6.45, 7) is 0. The first-order chi connectivity index (χ1) is 15.6. The first-order valence-electron chi connectivity index (χ1n) is 9.58. The Bertz CT molecular complexity index is 1480. The third-order valence-corrected chi connectivity index (χ3v) is 6.41. The van der Waals surface area contributed by atoms with Gasteiger partial charge in [0.15, 0.2) is 0 Å². The van der Waals surface area contributed by atoms with Gasteiger partial charge in [-0.05, 0) is 59.5 Å². The molecule has 3 aromatic carbocycles. The summed E-state index contributed by atoms with van der Waals surface area (Å²) >= 11 is 1.24. The average Bonchev–Trinajstić information content (AvgIpc) is 3.16. The third-order valence-electron chi connectivity index (χ3n) is 4.69. The van der Waals surface area contributed by atoms with Crippen LogP contribution in [0.5, 0.6) is 5.75 Å². The zero-order valence-electron chi connectivity index (χ0n) is 17.5. The number of carbonyl (C=O) groups is 1. The van der Waals surface area contributed by atoms with E-state index in [1.165, 1.54) is 24.5 Å². The molecule has 0 spiro atoms. The molecule has 1 heterocycles. The SMILES string of the molecule is COc1cc(NC(=O)c2cc3cc(NS(C)(=O)=O)ccc3s2)cc(-c2ccc(F)cc2F)c1. The molecule has 0 atom stereocenters. The van der Waals surface area contributed by atoms with Gasteiger partial charge in [0.1, 0.15) is 17.4 Å². The predicted molar refractivity (Wildman–Crippen MR) is 127 cm³/mol. The summed E-state index contributed by atoms with van der Waals surface area (Å²) in [6.07, 6.45) is 1.06. The van der Waals surface area contributed by atoms with E-state index < -0.39 is 27.6 Å². The number of sulfonamides is 1. The van der Waals surface area contributed by atoms with Gasteiger partial charge in [-0.25, -0.2) is 17.2 Å². The van der Waals surface area contributed by atoms with E-state index in [-0.39, 0.29) is 5.56 Å². The Kier molecular flexibility index (Phi) is 6.05. The van der Waals surface area contributed by atoms with Gasteiger partial charge in [0.05, 0.1) is 18.2 Å². The van der Waals surface area contributed by atoms with Crippen LogP contribution < -0.4 is 14.8 Å². The minimum absolute atomic E-state index is 0.165. The molecule has 4 aromatic rings. The monoisotopic (exact) mass is 488 g/mol. The number of amides is 1. The van der Waals surface area contributed by atoms with Gasteiger partial charge in [-0.3, -0.25) is 9.52 Å². The summed E-state index contributed by atoms with van der Waals surface area (Å²) in [5, 5.41) is 3.48. The number of anilines is 2. The Morgan fingerprint density at radius 3 is 2.45 bits per heavy atom. The molecule has 170 valence electrons. The minimum atomic E-state index is -3.42. The molecular weight excluding hydrogens is 470 g/mol. The van der Waals surface area contributed by atoms with Crippen LogP contribution in [-0.4, -0.2) is 27.7 Å². The standard InChI is InChI=1S/C23H18F2N2O4S2/c1-31-18-9-13(19-5-3-15(24)11-20(19)25)7-17(12-18)26-23(28)22-10-14-8-16(27-33(2,29)30)4-6-21(14)32-22/h3-12,27H,1-2H3,(H,26,28). The second-order valence-electron chi connectivity index (χ2n) is 7.27. The lowest BCUT2D eigenvalue weighted by Crippen LogP contribution is -2.10. The largest absolute Gasteiger partial charge is 0.497 e. The second kappa shape index (κ2) is 8.80. The topological polar surface area (TPSA) is 84.5 Å². The number of benzene rings is 3. The van der Waals surface area contributed by atoms with E-state index in [9.17, 15) is 22.0 Å². The van der Waals surface area contributed by atoms with Crippen molar-refractivity contribution in [2.75, 3.05) is 23.4 Å². The first kappa shape index (κ1) is 22.7. The summed E-state index contributed by atoms with van der Waals surface area (Å²) in [6, 6.07) is 14.6. The fourth-order valence-electron chi connectivity index (χ4n) is 3.29. The fourth-order valence-corrected chi connectivity index (χ4v) is 4.79. The molecule has 0 bridgehead atoms. The Morgan fingerprint density at radius 2 is 1.76 bits per heavy atom. The van der Waals surface area contributed by atoms with Crippen LogP contribution in [0.15, 0.2) is 60.7 Å². The van der Waals surface area contributed by atoms with Crippen molar-refractivity contribution in [1.29, 1.82) is 0 Å². The van der Waals surface area contributed by atoms with Crippen molar-refractivity contribution in [3.05, 3.63) is 77.2 Å². The molecule has 0 saturated heterocycles. The maximum atomic E-state index is 14.3. The molecule has 1 amide bonds. The van der Waals surface area contributed by atoms with Crippen LogP contribution in [-0.2, 0) is 10.0 Å². The molecule has 2 N–H and O–H groups in total. The van der Waals surface area contributed by atoms with E-state index in [0.29, 0.717) is 33.0 Å². The van der Waals surface area contributed by atoms with Crippen molar-refractivity contribution >= 4 is 48.7 Å². The van der Waals surface area contributed by atoms with Crippen molar-refractivity contribution in [2.45, 2.75) is 0 Å². The molecule has 0 unspecified atom stereocenters. The minimum Gasteiger partial charge on any atom is -0.497 e. The number of ether oxygens (including phenoxy) is 1. The lowest BCUT2D eigenvalue weighted by molar-refractivity contribution is 0.103. The number of hydrogen-bond acceptors (Lipinski definition) is 5. The number of thiophene rings is 1. The van der Waals surface area contributed by atoms with E-state index in [1.54, 1.807) is 42.5 Å². The maximum Gasteiger partial charge on any atom is 0.265 e. The van der Waals surface area contributed by atoms with E-state index in [4.69, 9.17) is 4.74 Å². The fraction of sp³-hybridized carbons (Fsp3) is 0.0870. The van der Waals surface area contributed by atoms with Gasteiger partial charge in [0.25, 0.3) is 5.91 Å². The van der Waals surface area contributed by atoms with Crippen molar-refractivity contribution in [1.82, 2.24) is 0 Å². The van der Waals surface area contributed by atoms with E-state index in [0.717, 1.165) is 23.1 Å². The first-order valence-corrected chi connectivity index (χ1v) is 12.3. The quantitative estimate of drug-likeness (QED) is 0.377. The average molecular weight is 489 g/mol. The molecular formula is C23H18F2N2O4S2. The zero-order valence-corrected chi connectivity index (χ0v) is 19.1. The number of carbonyl (C=O) groups excluding carboxylic acids is 1. The molecule has 0 aliphatic heterocycles. The highest BCUT2D eigenvalue weighted by molar-refractivity contribution is 7.92. The summed E-state index contributed by atoms with van der Waals surface area (Å²) in [4.78, 5) is 13.3. The van der Waals surface area contributed by atoms with Gasteiger partial charge in [-0.1, -0.05) is 0 Å².